The topological polar surface area (TPSA) is 41.9 Å². The van der Waals surface area contributed by atoms with Crippen LogP contribution in [0.3, 0.4) is 0 Å². The van der Waals surface area contributed by atoms with Crippen LogP contribution in [0.5, 0.6) is 5.75 Å². The van der Waals surface area contributed by atoms with Gasteiger partial charge in [-0.3, -0.25) is 0 Å². The van der Waals surface area contributed by atoms with Gasteiger partial charge in [-0.15, -0.1) is 0 Å². The van der Waals surface area contributed by atoms with Crippen LogP contribution in [-0.4, -0.2) is 38.7 Å². The lowest BCUT2D eigenvalue weighted by molar-refractivity contribution is -0.141. The molecule has 1 heterocycles. The van der Waals surface area contributed by atoms with E-state index in [-0.39, 0.29) is 6.29 Å². The number of aromatic hydroxyl groups is 1. The van der Waals surface area contributed by atoms with E-state index in [0.29, 0.717) is 40.3 Å². The number of anilines is 1. The maximum absolute atomic E-state index is 10.2. The summed E-state index contributed by atoms with van der Waals surface area (Å²) < 4.78 is 11.1. The number of benzene rings is 2. The summed E-state index contributed by atoms with van der Waals surface area (Å²) in [6, 6.07) is 15.6. The van der Waals surface area contributed by atoms with Crippen molar-refractivity contribution in [1.82, 2.24) is 0 Å². The number of methoxy groups -OCH3 is 2. The molecule has 4 nitrogen and oxygen atoms in total. The molecule has 2 unspecified atom stereocenters. The summed E-state index contributed by atoms with van der Waals surface area (Å²) in [5.74, 6) is 2.59. The predicted octanol–water partition coefficient (Wildman–Crippen LogP) is 7.77. The Balaban J connectivity index is 1.40. The van der Waals surface area contributed by atoms with Crippen molar-refractivity contribution in [2.75, 3.05) is 32.2 Å². The Morgan fingerprint density at radius 3 is 2.11 bits per heavy atom. The number of nitrogens with zero attached hydrogens (tertiary/aromatic N) is 1. The van der Waals surface area contributed by atoms with Gasteiger partial charge < -0.3 is 19.5 Å². The van der Waals surface area contributed by atoms with Crippen molar-refractivity contribution in [1.29, 1.82) is 0 Å². The Morgan fingerprint density at radius 1 is 0.868 bits per heavy atom. The second-order valence-corrected chi connectivity index (χ2v) is 14.0. The first-order chi connectivity index (χ1) is 18.1. The number of phenolic OH excluding ortho intramolecular Hbond substituents is 1. The zero-order valence-corrected chi connectivity index (χ0v) is 24.5. The van der Waals surface area contributed by atoms with E-state index in [1.165, 1.54) is 48.1 Å². The summed E-state index contributed by atoms with van der Waals surface area (Å²) >= 11 is 0. The van der Waals surface area contributed by atoms with Gasteiger partial charge in [0.2, 0.25) is 0 Å². The SMILES string of the molecule is COC(OC)C1CCN(c2ccc(C3c4ccc(O)cc4CCC3C3CC(C)(C)CC(C)(C)C3)cc2)CC1. The van der Waals surface area contributed by atoms with Gasteiger partial charge in [0, 0.05) is 44.8 Å². The van der Waals surface area contributed by atoms with Gasteiger partial charge in [-0.25, -0.2) is 0 Å². The lowest BCUT2D eigenvalue weighted by Gasteiger charge is -2.50. The highest BCUT2D eigenvalue weighted by molar-refractivity contribution is 5.51. The molecule has 0 bridgehead atoms. The smallest absolute Gasteiger partial charge is 0.159 e. The number of phenols is 1. The van der Waals surface area contributed by atoms with Crippen LogP contribution in [0.4, 0.5) is 5.69 Å². The number of aryl methyl sites for hydroxylation is 1. The lowest BCUT2D eigenvalue weighted by atomic mass is 9.55. The number of piperidine rings is 1. The number of rotatable bonds is 6. The Morgan fingerprint density at radius 2 is 1.50 bits per heavy atom. The summed E-state index contributed by atoms with van der Waals surface area (Å²) in [7, 11) is 3.49. The van der Waals surface area contributed by atoms with Crippen LogP contribution in [0.1, 0.15) is 88.8 Å². The average molecular weight is 520 g/mol. The van der Waals surface area contributed by atoms with Crippen LogP contribution in [0.2, 0.25) is 0 Å². The molecule has 1 saturated carbocycles. The van der Waals surface area contributed by atoms with E-state index in [1.54, 1.807) is 14.2 Å². The highest BCUT2D eigenvalue weighted by atomic mass is 16.7. The van der Waals surface area contributed by atoms with Crippen molar-refractivity contribution in [2.45, 2.75) is 84.8 Å². The fraction of sp³-hybridized carbons (Fsp3) is 0.647. The molecule has 0 radical (unpaired) electrons. The van der Waals surface area contributed by atoms with Crippen LogP contribution in [-0.2, 0) is 15.9 Å². The van der Waals surface area contributed by atoms with Crippen molar-refractivity contribution in [3.8, 4) is 5.75 Å². The Hall–Kier alpha value is -2.04. The largest absolute Gasteiger partial charge is 0.508 e. The van der Waals surface area contributed by atoms with Crippen molar-refractivity contribution in [3.05, 3.63) is 59.2 Å². The van der Waals surface area contributed by atoms with Crippen LogP contribution in [0.15, 0.2) is 42.5 Å². The summed E-state index contributed by atoms with van der Waals surface area (Å²) in [4.78, 5) is 2.51. The zero-order valence-electron chi connectivity index (χ0n) is 24.5. The van der Waals surface area contributed by atoms with Gasteiger partial charge in [0.1, 0.15) is 5.75 Å². The monoisotopic (exact) mass is 519 g/mol. The molecular formula is C34H49NO3. The number of hydrogen-bond donors (Lipinski definition) is 1. The van der Waals surface area contributed by atoms with E-state index in [9.17, 15) is 5.11 Å². The first-order valence-corrected chi connectivity index (χ1v) is 14.8. The van der Waals surface area contributed by atoms with E-state index in [1.807, 2.05) is 12.1 Å². The van der Waals surface area contributed by atoms with Gasteiger partial charge in [-0.1, -0.05) is 45.9 Å². The normalized spacial score (nSPS) is 25.9. The molecule has 2 aromatic carbocycles. The maximum Gasteiger partial charge on any atom is 0.159 e. The first-order valence-electron chi connectivity index (χ1n) is 14.8. The molecule has 5 rings (SSSR count). The molecule has 0 amide bonds. The Bertz CT molecular complexity index is 1060. The molecule has 2 fully saturated rings. The molecule has 2 aliphatic carbocycles. The van der Waals surface area contributed by atoms with E-state index < -0.39 is 0 Å². The molecule has 1 aliphatic heterocycles. The quantitative estimate of drug-likeness (QED) is 0.396. The van der Waals surface area contributed by atoms with E-state index in [0.717, 1.165) is 32.4 Å². The molecular weight excluding hydrogens is 470 g/mol. The van der Waals surface area contributed by atoms with Gasteiger partial charge >= 0.3 is 0 Å². The minimum atomic E-state index is -0.1000. The fourth-order valence-electron chi connectivity index (χ4n) is 8.80. The summed E-state index contributed by atoms with van der Waals surface area (Å²) in [6.45, 7) is 12.0. The number of hydrogen-bond acceptors (Lipinski definition) is 4. The summed E-state index contributed by atoms with van der Waals surface area (Å²) in [5.41, 5.74) is 6.27. The molecule has 0 aromatic heterocycles. The highest BCUT2D eigenvalue weighted by Gasteiger charge is 2.45. The molecule has 0 spiro atoms. The van der Waals surface area contributed by atoms with Crippen LogP contribution in [0.25, 0.3) is 0 Å². The third-order valence-corrected chi connectivity index (χ3v) is 9.84. The Kier molecular flexibility index (Phi) is 7.86. The minimum Gasteiger partial charge on any atom is -0.508 e. The lowest BCUT2D eigenvalue weighted by Crippen LogP contribution is -2.40. The molecule has 1 saturated heterocycles. The number of ether oxygens (including phenoxy) is 2. The molecule has 1 N–H and O–H groups in total. The second kappa shape index (κ2) is 10.8. The predicted molar refractivity (Wildman–Crippen MR) is 156 cm³/mol. The van der Waals surface area contributed by atoms with Crippen molar-refractivity contribution < 1.29 is 14.6 Å². The van der Waals surface area contributed by atoms with Crippen LogP contribution >= 0.6 is 0 Å². The van der Waals surface area contributed by atoms with Crippen molar-refractivity contribution >= 4 is 5.69 Å². The van der Waals surface area contributed by atoms with Crippen LogP contribution < -0.4 is 4.90 Å². The zero-order chi connectivity index (χ0) is 27.1. The van der Waals surface area contributed by atoms with E-state index in [2.05, 4.69) is 62.9 Å². The molecule has 208 valence electrons. The van der Waals surface area contributed by atoms with Gasteiger partial charge in [0.25, 0.3) is 0 Å². The van der Waals surface area contributed by atoms with Gasteiger partial charge in [0.15, 0.2) is 6.29 Å². The Labute approximate surface area is 230 Å². The average Bonchev–Trinajstić information content (AvgIpc) is 2.87. The third kappa shape index (κ3) is 5.77. The van der Waals surface area contributed by atoms with Crippen LogP contribution in [0, 0.1) is 28.6 Å². The molecule has 2 atom stereocenters. The van der Waals surface area contributed by atoms with Gasteiger partial charge in [-0.2, -0.15) is 0 Å². The minimum absolute atomic E-state index is 0.1000. The van der Waals surface area contributed by atoms with Crippen molar-refractivity contribution in [2.24, 2.45) is 28.6 Å². The molecule has 2 aromatic rings. The molecule has 3 aliphatic rings. The molecule has 4 heteroatoms. The van der Waals surface area contributed by atoms with Gasteiger partial charge in [0.05, 0.1) is 0 Å². The third-order valence-electron chi connectivity index (χ3n) is 9.84. The van der Waals surface area contributed by atoms with Crippen molar-refractivity contribution in [3.63, 3.8) is 0 Å². The standard InChI is InChI=1S/C34H49NO3/c1-33(2)20-26(21-34(3,4)22-33)30-13-9-25-19-28(36)12-14-29(25)31(30)23-7-10-27(11-8-23)35-17-15-24(16-18-35)32(37-5)38-6/h7-8,10-12,14,19,24,26,30-32,36H,9,13,15-18,20-22H2,1-6H3. The maximum atomic E-state index is 10.2. The number of fused-ring (bicyclic) bond motifs is 1. The van der Waals surface area contributed by atoms with E-state index in [4.69, 9.17) is 9.47 Å². The fourth-order valence-corrected chi connectivity index (χ4v) is 8.80. The summed E-state index contributed by atoms with van der Waals surface area (Å²) in [6.07, 6.45) is 8.26. The summed E-state index contributed by atoms with van der Waals surface area (Å²) in [5, 5.41) is 10.2. The first kappa shape index (κ1) is 27.5. The molecule has 38 heavy (non-hydrogen) atoms. The van der Waals surface area contributed by atoms with E-state index >= 15 is 0 Å². The highest BCUT2D eigenvalue weighted by Crippen LogP contribution is 2.55. The van der Waals surface area contributed by atoms with Gasteiger partial charge in [-0.05, 0) is 109 Å². The second-order valence-electron chi connectivity index (χ2n) is 14.0.